The van der Waals surface area contributed by atoms with E-state index in [0.717, 1.165) is 26.5 Å². The summed E-state index contributed by atoms with van der Waals surface area (Å²) in [6.45, 7) is 1.95. The second kappa shape index (κ2) is 7.89. The molecule has 0 radical (unpaired) electrons. The number of amides is 1. The van der Waals surface area contributed by atoms with Gasteiger partial charge < -0.3 is 14.8 Å². The lowest BCUT2D eigenvalue weighted by Crippen LogP contribution is -2.15. The van der Waals surface area contributed by atoms with Gasteiger partial charge >= 0.3 is 0 Å². The first-order chi connectivity index (χ1) is 14.1. The molecule has 4 rings (SSSR count). The van der Waals surface area contributed by atoms with Crippen molar-refractivity contribution in [2.45, 2.75) is 6.92 Å². The Labute approximate surface area is 172 Å². The Bertz CT molecular complexity index is 1150. The van der Waals surface area contributed by atoms with Gasteiger partial charge in [-0.15, -0.1) is 0 Å². The lowest BCUT2D eigenvalue weighted by atomic mass is 10.1. The minimum atomic E-state index is -0.292. The van der Waals surface area contributed by atoms with E-state index in [1.165, 1.54) is 14.2 Å². The minimum absolute atomic E-state index is 0.292. The number of rotatable bonds is 5. The summed E-state index contributed by atoms with van der Waals surface area (Å²) in [7, 11) is 3.05. The molecule has 0 fully saturated rings. The molecule has 0 atom stereocenters. The van der Waals surface area contributed by atoms with E-state index in [1.807, 2.05) is 37.3 Å². The Balaban J connectivity index is 1.63. The number of methoxy groups -OCH3 is 2. The number of aryl methyl sites for hydroxylation is 1. The standard InChI is InChI=1S/C22H19N3O3S/c1-13-12-14(21-25-16-6-5-11-23-22(16)29-21)9-10-15(13)24-20(26)19-17(27-2)7-4-8-18(19)28-3/h4-12H,1-3H3,(H,24,26). The number of anilines is 1. The van der Waals surface area contributed by atoms with E-state index in [9.17, 15) is 4.79 Å². The van der Waals surface area contributed by atoms with E-state index < -0.39 is 0 Å². The van der Waals surface area contributed by atoms with E-state index in [4.69, 9.17) is 9.47 Å². The number of carbonyl (C=O) groups is 1. The maximum Gasteiger partial charge on any atom is 0.263 e. The molecule has 6 nitrogen and oxygen atoms in total. The number of ether oxygens (including phenoxy) is 2. The van der Waals surface area contributed by atoms with E-state index in [2.05, 4.69) is 15.3 Å². The lowest BCUT2D eigenvalue weighted by molar-refractivity contribution is 0.102. The van der Waals surface area contributed by atoms with Gasteiger partial charge in [0.1, 0.15) is 32.4 Å². The molecule has 2 heterocycles. The zero-order valence-electron chi connectivity index (χ0n) is 16.2. The van der Waals surface area contributed by atoms with Gasteiger partial charge in [-0.25, -0.2) is 9.97 Å². The highest BCUT2D eigenvalue weighted by molar-refractivity contribution is 7.21. The molecule has 0 saturated carbocycles. The molecule has 7 heteroatoms. The Hall–Kier alpha value is -3.45. The molecule has 2 aromatic carbocycles. The number of nitrogens with one attached hydrogen (secondary N) is 1. The molecule has 1 N–H and O–H groups in total. The second-order valence-corrected chi connectivity index (χ2v) is 7.35. The number of fused-ring (bicyclic) bond motifs is 1. The van der Waals surface area contributed by atoms with Crippen LogP contribution in [0.4, 0.5) is 5.69 Å². The number of benzene rings is 2. The van der Waals surface area contributed by atoms with Crippen LogP contribution in [0.2, 0.25) is 0 Å². The van der Waals surface area contributed by atoms with Crippen LogP contribution in [-0.2, 0) is 0 Å². The van der Waals surface area contributed by atoms with Crippen molar-refractivity contribution in [3.8, 4) is 22.1 Å². The maximum absolute atomic E-state index is 12.9. The number of nitrogens with zero attached hydrogens (tertiary/aromatic N) is 2. The molecule has 2 aromatic heterocycles. The van der Waals surface area contributed by atoms with E-state index in [-0.39, 0.29) is 5.91 Å². The topological polar surface area (TPSA) is 73.3 Å². The highest BCUT2D eigenvalue weighted by Crippen LogP contribution is 2.32. The number of aromatic nitrogens is 2. The monoisotopic (exact) mass is 405 g/mol. The number of hydrogen-bond donors (Lipinski definition) is 1. The molecule has 0 saturated heterocycles. The summed E-state index contributed by atoms with van der Waals surface area (Å²) in [5.74, 6) is 0.621. The summed E-state index contributed by atoms with van der Waals surface area (Å²) in [4.78, 5) is 22.8. The van der Waals surface area contributed by atoms with Crippen molar-refractivity contribution in [2.75, 3.05) is 19.5 Å². The first kappa shape index (κ1) is 18.9. The quantitative estimate of drug-likeness (QED) is 0.509. The van der Waals surface area contributed by atoms with Gasteiger partial charge in [-0.3, -0.25) is 4.79 Å². The normalized spacial score (nSPS) is 10.7. The van der Waals surface area contributed by atoms with Gasteiger partial charge in [0.05, 0.1) is 14.2 Å². The average molecular weight is 405 g/mol. The van der Waals surface area contributed by atoms with Crippen LogP contribution in [0.25, 0.3) is 20.9 Å². The van der Waals surface area contributed by atoms with Crippen molar-refractivity contribution in [1.29, 1.82) is 0 Å². The molecular formula is C22H19N3O3S. The molecule has 146 valence electrons. The smallest absolute Gasteiger partial charge is 0.263 e. The molecule has 0 bridgehead atoms. The summed E-state index contributed by atoms with van der Waals surface area (Å²) < 4.78 is 10.7. The van der Waals surface area contributed by atoms with E-state index in [0.29, 0.717) is 22.7 Å². The minimum Gasteiger partial charge on any atom is -0.496 e. The van der Waals surface area contributed by atoms with Crippen LogP contribution in [0, 0.1) is 6.92 Å². The number of hydrogen-bond acceptors (Lipinski definition) is 6. The number of carbonyl (C=O) groups excluding carboxylic acids is 1. The third-order valence-electron chi connectivity index (χ3n) is 4.54. The van der Waals surface area contributed by atoms with Crippen molar-refractivity contribution in [3.05, 3.63) is 65.9 Å². The molecule has 0 aliphatic carbocycles. The van der Waals surface area contributed by atoms with Gasteiger partial charge in [-0.2, -0.15) is 0 Å². The predicted molar refractivity (Wildman–Crippen MR) is 115 cm³/mol. The van der Waals surface area contributed by atoms with Crippen LogP contribution in [0.5, 0.6) is 11.5 Å². The molecular weight excluding hydrogens is 386 g/mol. The fourth-order valence-electron chi connectivity index (χ4n) is 3.09. The third kappa shape index (κ3) is 3.64. The van der Waals surface area contributed by atoms with E-state index >= 15 is 0 Å². The molecule has 1 amide bonds. The fraction of sp³-hybridized carbons (Fsp3) is 0.136. The average Bonchev–Trinajstić information content (AvgIpc) is 3.18. The van der Waals surface area contributed by atoms with Gasteiger partial charge in [-0.05, 0) is 55.0 Å². The van der Waals surface area contributed by atoms with Crippen molar-refractivity contribution >= 4 is 33.3 Å². The number of thiazole rings is 1. The summed E-state index contributed by atoms with van der Waals surface area (Å²) in [5, 5.41) is 3.85. The SMILES string of the molecule is COc1cccc(OC)c1C(=O)Nc1ccc(-c2nc3cccnc3s2)cc1C. The van der Waals surface area contributed by atoms with Crippen molar-refractivity contribution < 1.29 is 14.3 Å². The molecule has 0 spiro atoms. The van der Waals surface area contributed by atoms with Crippen molar-refractivity contribution in [1.82, 2.24) is 9.97 Å². The maximum atomic E-state index is 12.9. The van der Waals surface area contributed by atoms with Gasteiger partial charge in [0.15, 0.2) is 0 Å². The second-order valence-electron chi connectivity index (χ2n) is 6.37. The van der Waals surface area contributed by atoms with Crippen LogP contribution in [0.3, 0.4) is 0 Å². The van der Waals surface area contributed by atoms with Crippen molar-refractivity contribution in [3.63, 3.8) is 0 Å². The summed E-state index contributed by atoms with van der Waals surface area (Å²) >= 11 is 1.54. The third-order valence-corrected chi connectivity index (χ3v) is 5.57. The lowest BCUT2D eigenvalue weighted by Gasteiger charge is -2.14. The van der Waals surface area contributed by atoms with Crippen LogP contribution in [0.1, 0.15) is 15.9 Å². The molecule has 0 aliphatic rings. The summed E-state index contributed by atoms with van der Waals surface area (Å²) in [6.07, 6.45) is 1.76. The molecule has 4 aromatic rings. The van der Waals surface area contributed by atoms with Gasteiger partial charge in [-0.1, -0.05) is 17.4 Å². The summed E-state index contributed by atoms with van der Waals surface area (Å²) in [5.41, 5.74) is 3.87. The Morgan fingerprint density at radius 2 is 1.79 bits per heavy atom. The zero-order valence-corrected chi connectivity index (χ0v) is 17.0. The first-order valence-electron chi connectivity index (χ1n) is 8.95. The first-order valence-corrected chi connectivity index (χ1v) is 9.77. The van der Waals surface area contributed by atoms with Crippen LogP contribution in [-0.4, -0.2) is 30.1 Å². The predicted octanol–water partition coefficient (Wildman–Crippen LogP) is 4.94. The van der Waals surface area contributed by atoms with Gasteiger partial charge in [0, 0.05) is 17.4 Å². The largest absolute Gasteiger partial charge is 0.496 e. The number of pyridine rings is 1. The molecule has 29 heavy (non-hydrogen) atoms. The molecule has 0 aliphatic heterocycles. The van der Waals surface area contributed by atoms with Gasteiger partial charge in [0.2, 0.25) is 0 Å². The zero-order chi connectivity index (χ0) is 20.4. The van der Waals surface area contributed by atoms with Crippen LogP contribution < -0.4 is 14.8 Å². The molecule has 0 unspecified atom stereocenters. The van der Waals surface area contributed by atoms with Gasteiger partial charge in [0.25, 0.3) is 5.91 Å². The van der Waals surface area contributed by atoms with E-state index in [1.54, 1.807) is 35.7 Å². The fourth-order valence-corrected chi connectivity index (χ4v) is 3.99. The van der Waals surface area contributed by atoms with Crippen molar-refractivity contribution in [2.24, 2.45) is 0 Å². The highest BCUT2D eigenvalue weighted by Gasteiger charge is 2.19. The summed E-state index contributed by atoms with van der Waals surface area (Å²) in [6, 6.07) is 14.9. The van der Waals surface area contributed by atoms with Crippen LogP contribution >= 0.6 is 11.3 Å². The Morgan fingerprint density at radius 3 is 2.45 bits per heavy atom. The highest BCUT2D eigenvalue weighted by atomic mass is 32.1. The Kier molecular flexibility index (Phi) is 5.14. The Morgan fingerprint density at radius 1 is 1.03 bits per heavy atom. The van der Waals surface area contributed by atoms with Crippen LogP contribution in [0.15, 0.2) is 54.7 Å².